The van der Waals surface area contributed by atoms with Crippen molar-refractivity contribution in [1.82, 2.24) is 14.5 Å². The maximum atomic E-state index is 5.52. The molecule has 0 radical (unpaired) electrons. The van der Waals surface area contributed by atoms with Gasteiger partial charge in [-0.3, -0.25) is 0 Å². The van der Waals surface area contributed by atoms with Crippen molar-refractivity contribution in [2.24, 2.45) is 5.92 Å². The molecule has 0 bridgehead atoms. The van der Waals surface area contributed by atoms with E-state index < -0.39 is 0 Å². The number of imidazole rings is 1. The van der Waals surface area contributed by atoms with Gasteiger partial charge in [-0.25, -0.2) is 9.97 Å². The summed E-state index contributed by atoms with van der Waals surface area (Å²) in [6, 6.07) is 4.05. The minimum atomic E-state index is 0.503. The van der Waals surface area contributed by atoms with Crippen LogP contribution in [-0.4, -0.2) is 41.0 Å². The molecule has 0 spiro atoms. The van der Waals surface area contributed by atoms with Crippen LogP contribution < -0.4 is 0 Å². The van der Waals surface area contributed by atoms with E-state index in [1.807, 2.05) is 12.3 Å². The third kappa shape index (κ3) is 2.75. The van der Waals surface area contributed by atoms with Gasteiger partial charge in [0.2, 0.25) is 0 Å². The highest BCUT2D eigenvalue weighted by atomic mass is 16.5. The fourth-order valence-electron chi connectivity index (χ4n) is 3.61. The van der Waals surface area contributed by atoms with E-state index in [-0.39, 0.29) is 0 Å². The van der Waals surface area contributed by atoms with Crippen LogP contribution >= 0.6 is 0 Å². The van der Waals surface area contributed by atoms with Crippen LogP contribution in [-0.2, 0) is 16.0 Å². The molecule has 2 fully saturated rings. The van der Waals surface area contributed by atoms with Gasteiger partial charge in [0.1, 0.15) is 11.3 Å². The van der Waals surface area contributed by atoms with Gasteiger partial charge in [-0.1, -0.05) is 0 Å². The van der Waals surface area contributed by atoms with Crippen molar-refractivity contribution in [3.8, 4) is 0 Å². The number of ether oxygens (including phenoxy) is 2. The van der Waals surface area contributed by atoms with Crippen LogP contribution in [0.1, 0.15) is 37.4 Å². The Morgan fingerprint density at radius 2 is 1.77 bits per heavy atom. The largest absolute Gasteiger partial charge is 0.381 e. The lowest BCUT2D eigenvalue weighted by Gasteiger charge is -2.26. The van der Waals surface area contributed by atoms with E-state index in [0.717, 1.165) is 69.8 Å². The first-order valence-corrected chi connectivity index (χ1v) is 8.38. The van der Waals surface area contributed by atoms with Gasteiger partial charge in [0, 0.05) is 45.1 Å². The van der Waals surface area contributed by atoms with Gasteiger partial charge in [0.05, 0.1) is 0 Å². The molecule has 5 nitrogen and oxygen atoms in total. The number of nitrogens with zero attached hydrogens (tertiary/aromatic N) is 3. The van der Waals surface area contributed by atoms with Gasteiger partial charge >= 0.3 is 0 Å². The second kappa shape index (κ2) is 6.34. The molecule has 2 aliphatic heterocycles. The fourth-order valence-corrected chi connectivity index (χ4v) is 3.61. The Morgan fingerprint density at radius 1 is 1.05 bits per heavy atom. The Hall–Kier alpha value is -1.46. The summed E-state index contributed by atoms with van der Waals surface area (Å²) in [6.45, 7) is 4.48. The summed E-state index contributed by atoms with van der Waals surface area (Å²) in [5.41, 5.74) is 2.06. The number of aromatic nitrogens is 3. The molecule has 0 aromatic carbocycles. The zero-order valence-corrected chi connectivity index (χ0v) is 12.9. The van der Waals surface area contributed by atoms with Crippen LogP contribution in [0.2, 0.25) is 0 Å². The van der Waals surface area contributed by atoms with Gasteiger partial charge < -0.3 is 14.0 Å². The van der Waals surface area contributed by atoms with E-state index in [9.17, 15) is 0 Å². The first kappa shape index (κ1) is 14.2. The Morgan fingerprint density at radius 3 is 2.55 bits per heavy atom. The molecule has 2 aliphatic rings. The standard InChI is InChI=1S/C17H23N3O2/c1-2-15-17(18-7-1)20(12-13-3-8-21-9-4-13)16(19-15)14-5-10-22-11-6-14/h1-2,7,13-14H,3-6,8-12H2. The molecular formula is C17H23N3O2. The fraction of sp³-hybridized carbons (Fsp3) is 0.647. The van der Waals surface area contributed by atoms with E-state index >= 15 is 0 Å². The first-order chi connectivity index (χ1) is 10.9. The molecule has 0 aliphatic carbocycles. The topological polar surface area (TPSA) is 49.2 Å². The highest BCUT2D eigenvalue weighted by Gasteiger charge is 2.25. The molecular weight excluding hydrogens is 278 g/mol. The van der Waals surface area contributed by atoms with Crippen LogP contribution in [0.25, 0.3) is 11.2 Å². The first-order valence-electron chi connectivity index (χ1n) is 8.38. The van der Waals surface area contributed by atoms with Crippen LogP contribution in [0.15, 0.2) is 18.3 Å². The quantitative estimate of drug-likeness (QED) is 0.874. The Kier molecular flexibility index (Phi) is 4.08. The van der Waals surface area contributed by atoms with Gasteiger partial charge in [0.15, 0.2) is 5.65 Å². The molecule has 4 heterocycles. The van der Waals surface area contributed by atoms with E-state index in [0.29, 0.717) is 11.8 Å². The minimum absolute atomic E-state index is 0.503. The number of hydrogen-bond acceptors (Lipinski definition) is 4. The molecule has 2 saturated heterocycles. The smallest absolute Gasteiger partial charge is 0.159 e. The molecule has 0 unspecified atom stereocenters. The third-order valence-corrected chi connectivity index (χ3v) is 4.90. The van der Waals surface area contributed by atoms with Crippen LogP contribution in [0.5, 0.6) is 0 Å². The summed E-state index contributed by atoms with van der Waals surface area (Å²) >= 11 is 0. The molecule has 5 heteroatoms. The summed E-state index contributed by atoms with van der Waals surface area (Å²) in [7, 11) is 0. The molecule has 118 valence electrons. The second-order valence-electron chi connectivity index (χ2n) is 6.37. The predicted octanol–water partition coefficient (Wildman–Crippen LogP) is 2.75. The lowest BCUT2D eigenvalue weighted by Crippen LogP contribution is -2.24. The highest BCUT2D eigenvalue weighted by molar-refractivity contribution is 5.71. The zero-order chi connectivity index (χ0) is 14.8. The van der Waals surface area contributed by atoms with E-state index in [4.69, 9.17) is 14.5 Å². The van der Waals surface area contributed by atoms with Crippen LogP contribution in [0.4, 0.5) is 0 Å². The molecule has 0 N–H and O–H groups in total. The van der Waals surface area contributed by atoms with Gasteiger partial charge in [-0.2, -0.15) is 0 Å². The van der Waals surface area contributed by atoms with Crippen molar-refractivity contribution in [3.05, 3.63) is 24.2 Å². The number of pyridine rings is 1. The average Bonchev–Trinajstić information content (AvgIpc) is 2.95. The number of fused-ring (bicyclic) bond motifs is 1. The predicted molar refractivity (Wildman–Crippen MR) is 83.9 cm³/mol. The number of hydrogen-bond donors (Lipinski definition) is 0. The van der Waals surface area contributed by atoms with Crippen molar-refractivity contribution < 1.29 is 9.47 Å². The lowest BCUT2D eigenvalue weighted by atomic mass is 9.97. The minimum Gasteiger partial charge on any atom is -0.381 e. The monoisotopic (exact) mass is 301 g/mol. The molecule has 4 rings (SSSR count). The molecule has 22 heavy (non-hydrogen) atoms. The maximum absolute atomic E-state index is 5.52. The Labute approximate surface area is 130 Å². The molecule has 0 saturated carbocycles. The van der Waals surface area contributed by atoms with Crippen molar-refractivity contribution in [1.29, 1.82) is 0 Å². The third-order valence-electron chi connectivity index (χ3n) is 4.90. The van der Waals surface area contributed by atoms with E-state index in [2.05, 4.69) is 15.6 Å². The summed E-state index contributed by atoms with van der Waals surface area (Å²) in [4.78, 5) is 9.52. The Bertz CT molecular complexity index is 628. The van der Waals surface area contributed by atoms with Gasteiger partial charge in [-0.15, -0.1) is 0 Å². The maximum Gasteiger partial charge on any atom is 0.159 e. The lowest BCUT2D eigenvalue weighted by molar-refractivity contribution is 0.0601. The van der Waals surface area contributed by atoms with Crippen molar-refractivity contribution in [2.45, 2.75) is 38.1 Å². The van der Waals surface area contributed by atoms with E-state index in [1.165, 1.54) is 5.82 Å². The summed E-state index contributed by atoms with van der Waals surface area (Å²) in [5.74, 6) is 2.39. The molecule has 0 amide bonds. The second-order valence-corrected chi connectivity index (χ2v) is 6.37. The summed E-state index contributed by atoms with van der Waals surface area (Å²) in [5, 5.41) is 0. The highest BCUT2D eigenvalue weighted by Crippen LogP contribution is 2.30. The normalized spacial score (nSPS) is 21.5. The van der Waals surface area contributed by atoms with Crippen molar-refractivity contribution in [3.63, 3.8) is 0 Å². The SMILES string of the molecule is c1cnc2c(c1)nc(C1CCOCC1)n2CC1CCOCC1. The van der Waals surface area contributed by atoms with Crippen molar-refractivity contribution in [2.75, 3.05) is 26.4 Å². The van der Waals surface area contributed by atoms with Crippen LogP contribution in [0.3, 0.4) is 0 Å². The Balaban J connectivity index is 1.69. The van der Waals surface area contributed by atoms with Gasteiger partial charge in [0.25, 0.3) is 0 Å². The van der Waals surface area contributed by atoms with Crippen LogP contribution in [0, 0.1) is 5.92 Å². The summed E-state index contributed by atoms with van der Waals surface area (Å²) in [6.07, 6.45) is 6.28. The molecule has 0 atom stereocenters. The molecule has 2 aromatic rings. The zero-order valence-electron chi connectivity index (χ0n) is 12.9. The molecule has 2 aromatic heterocycles. The average molecular weight is 301 g/mol. The van der Waals surface area contributed by atoms with Gasteiger partial charge in [-0.05, 0) is 43.7 Å². The number of rotatable bonds is 3. The van der Waals surface area contributed by atoms with E-state index in [1.54, 1.807) is 0 Å². The summed E-state index contributed by atoms with van der Waals surface area (Å²) < 4.78 is 13.4. The van der Waals surface area contributed by atoms with Crippen molar-refractivity contribution >= 4 is 11.2 Å².